The third kappa shape index (κ3) is 5.59. The molecule has 40 heavy (non-hydrogen) atoms. The Balaban J connectivity index is 1.74. The van der Waals surface area contributed by atoms with E-state index < -0.39 is 35.3 Å². The number of nitrogens with one attached hydrogen (secondary N) is 3. The van der Waals surface area contributed by atoms with Crippen molar-refractivity contribution in [2.75, 3.05) is 30.5 Å². The Labute approximate surface area is 231 Å². The molecule has 2 aromatic carbocycles. The number of nitrogens with zero attached hydrogens (tertiary/aromatic N) is 2. The molecular formula is C26H24ClN5O8. The van der Waals surface area contributed by atoms with Crippen molar-refractivity contribution in [3.05, 3.63) is 68.7 Å². The smallest absolute Gasteiger partial charge is 0.359 e. The van der Waals surface area contributed by atoms with Crippen LogP contribution in [0.1, 0.15) is 52.0 Å². The number of amides is 2. The maximum Gasteiger partial charge on any atom is 0.359 e. The zero-order chi connectivity index (χ0) is 29.0. The zero-order valence-electron chi connectivity index (χ0n) is 21.6. The van der Waals surface area contributed by atoms with Gasteiger partial charge in [-0.05, 0) is 57.2 Å². The first-order valence-electron chi connectivity index (χ1n) is 12.2. The Bertz CT molecular complexity index is 1690. The molecular weight excluding hydrogens is 546 g/mol. The normalized spacial score (nSPS) is 10.8. The summed E-state index contributed by atoms with van der Waals surface area (Å²) in [4.78, 5) is 65.5. The van der Waals surface area contributed by atoms with Gasteiger partial charge in [0.05, 0.1) is 47.1 Å². The minimum Gasteiger partial charge on any atom is -0.462 e. The predicted molar refractivity (Wildman–Crippen MR) is 145 cm³/mol. The molecule has 14 heteroatoms. The molecule has 0 saturated carbocycles. The molecule has 2 heterocycles. The molecule has 0 aliphatic rings. The van der Waals surface area contributed by atoms with E-state index in [2.05, 4.69) is 20.7 Å². The number of halogens is 1. The summed E-state index contributed by atoms with van der Waals surface area (Å²) in [6.07, 6.45) is 0. The monoisotopic (exact) mass is 569 g/mol. The van der Waals surface area contributed by atoms with Crippen LogP contribution in [0.4, 0.5) is 16.2 Å². The molecule has 0 radical (unpaired) electrons. The van der Waals surface area contributed by atoms with Crippen LogP contribution in [0.5, 0.6) is 0 Å². The van der Waals surface area contributed by atoms with Gasteiger partial charge in [0, 0.05) is 11.1 Å². The number of rotatable bonds is 8. The number of benzene rings is 2. The number of anilines is 2. The highest BCUT2D eigenvalue weighted by Crippen LogP contribution is 2.31. The lowest BCUT2D eigenvalue weighted by atomic mass is 10.1. The third-order valence-corrected chi connectivity index (χ3v) is 5.84. The van der Waals surface area contributed by atoms with Crippen molar-refractivity contribution >= 4 is 63.3 Å². The van der Waals surface area contributed by atoms with E-state index in [4.69, 9.17) is 25.8 Å². The number of ether oxygens (including phenoxy) is 3. The number of fused-ring (bicyclic) bond motifs is 3. The second kappa shape index (κ2) is 11.9. The van der Waals surface area contributed by atoms with Crippen molar-refractivity contribution in [1.82, 2.24) is 14.6 Å². The van der Waals surface area contributed by atoms with Crippen molar-refractivity contribution in [2.45, 2.75) is 20.8 Å². The molecule has 0 bridgehead atoms. The van der Waals surface area contributed by atoms with Crippen molar-refractivity contribution in [2.24, 2.45) is 0 Å². The van der Waals surface area contributed by atoms with Crippen LogP contribution < -0.4 is 16.3 Å². The van der Waals surface area contributed by atoms with Gasteiger partial charge in [-0.15, -0.1) is 0 Å². The van der Waals surface area contributed by atoms with E-state index in [1.54, 1.807) is 20.8 Å². The number of carbonyl (C=O) groups excluding carboxylic acids is 4. The first-order valence-corrected chi connectivity index (χ1v) is 12.5. The van der Waals surface area contributed by atoms with Gasteiger partial charge in [0.1, 0.15) is 5.56 Å². The minimum atomic E-state index is -0.914. The number of H-pyrrole nitrogens is 1. The van der Waals surface area contributed by atoms with Gasteiger partial charge >= 0.3 is 29.6 Å². The van der Waals surface area contributed by atoms with Crippen molar-refractivity contribution < 1.29 is 33.4 Å². The van der Waals surface area contributed by atoms with Crippen LogP contribution in [0.25, 0.3) is 16.4 Å². The fourth-order valence-electron chi connectivity index (χ4n) is 3.88. The van der Waals surface area contributed by atoms with Crippen LogP contribution in [0.3, 0.4) is 0 Å². The van der Waals surface area contributed by atoms with Gasteiger partial charge in [-0.1, -0.05) is 11.6 Å². The average molecular weight is 570 g/mol. The van der Waals surface area contributed by atoms with Gasteiger partial charge in [-0.3, -0.25) is 0 Å². The maximum atomic E-state index is 12.9. The second-order valence-corrected chi connectivity index (χ2v) is 8.52. The zero-order valence-corrected chi connectivity index (χ0v) is 22.4. The van der Waals surface area contributed by atoms with Gasteiger partial charge in [0.25, 0.3) is 0 Å². The molecule has 2 aromatic heterocycles. The van der Waals surface area contributed by atoms with Crippen LogP contribution in [-0.2, 0) is 14.2 Å². The Morgan fingerprint density at radius 2 is 1.52 bits per heavy atom. The van der Waals surface area contributed by atoms with Crippen molar-refractivity contribution in [3.63, 3.8) is 0 Å². The van der Waals surface area contributed by atoms with E-state index in [0.29, 0.717) is 11.3 Å². The number of esters is 3. The van der Waals surface area contributed by atoms with Crippen molar-refractivity contribution in [3.8, 4) is 0 Å². The number of hydrogen-bond acceptors (Lipinski definition) is 9. The second-order valence-electron chi connectivity index (χ2n) is 8.11. The third-order valence-electron chi connectivity index (χ3n) is 5.53. The first-order chi connectivity index (χ1) is 19.2. The fraction of sp³-hybridized carbons (Fsp3) is 0.231. The van der Waals surface area contributed by atoms with E-state index in [1.807, 2.05) is 0 Å². The number of aromatic amines is 1. The predicted octanol–water partition coefficient (Wildman–Crippen LogP) is 4.00. The summed E-state index contributed by atoms with van der Waals surface area (Å²) in [5, 5.41) is 9.55. The molecule has 0 saturated heterocycles. The summed E-state index contributed by atoms with van der Waals surface area (Å²) in [5.74, 6) is -2.29. The summed E-state index contributed by atoms with van der Waals surface area (Å²) in [6, 6.07) is 8.19. The van der Waals surface area contributed by atoms with Gasteiger partial charge in [0.2, 0.25) is 0 Å². The molecule has 0 fully saturated rings. The summed E-state index contributed by atoms with van der Waals surface area (Å²) in [5.41, 5.74) is -0.402. The van der Waals surface area contributed by atoms with E-state index in [9.17, 15) is 24.0 Å². The van der Waals surface area contributed by atoms with E-state index in [0.717, 1.165) is 4.52 Å². The number of aromatic nitrogens is 3. The summed E-state index contributed by atoms with van der Waals surface area (Å²) in [7, 11) is 0. The summed E-state index contributed by atoms with van der Waals surface area (Å²) in [6.45, 7) is 5.11. The van der Waals surface area contributed by atoms with Crippen LogP contribution in [-0.4, -0.2) is 58.4 Å². The van der Waals surface area contributed by atoms with Crippen LogP contribution >= 0.6 is 11.6 Å². The highest BCUT2D eigenvalue weighted by atomic mass is 35.5. The largest absolute Gasteiger partial charge is 0.462 e. The molecule has 0 spiro atoms. The molecule has 0 unspecified atom stereocenters. The van der Waals surface area contributed by atoms with Crippen LogP contribution in [0.15, 0.2) is 41.2 Å². The number of hydrogen-bond donors (Lipinski definition) is 3. The highest BCUT2D eigenvalue weighted by Gasteiger charge is 2.29. The van der Waals surface area contributed by atoms with Crippen LogP contribution in [0, 0.1) is 0 Å². The average Bonchev–Trinajstić information content (AvgIpc) is 3.32. The minimum absolute atomic E-state index is 0.000858. The first kappa shape index (κ1) is 28.1. The molecule has 0 aliphatic heterocycles. The lowest BCUT2D eigenvalue weighted by molar-refractivity contribution is 0.0476. The molecule has 13 nitrogen and oxygen atoms in total. The van der Waals surface area contributed by atoms with Gasteiger partial charge in [0.15, 0.2) is 5.69 Å². The van der Waals surface area contributed by atoms with Gasteiger partial charge in [-0.25, -0.2) is 24.0 Å². The summed E-state index contributed by atoms with van der Waals surface area (Å²) >= 11 is 6.38. The van der Waals surface area contributed by atoms with E-state index >= 15 is 0 Å². The Hall–Kier alpha value is -4.91. The van der Waals surface area contributed by atoms with E-state index in [-0.39, 0.29) is 52.5 Å². The SMILES string of the molecule is CCOC(=O)c1ccc(NC(=O)Nc2cc3c(cc2Cl)[nH]c(=O)n2nc(C(=O)OCC)c(C(=O)OCC)c32)cc1. The lowest BCUT2D eigenvalue weighted by Gasteiger charge is -2.12. The molecule has 0 atom stereocenters. The van der Waals surface area contributed by atoms with Crippen molar-refractivity contribution in [1.29, 1.82) is 0 Å². The fourth-order valence-corrected chi connectivity index (χ4v) is 4.09. The molecule has 2 amide bonds. The molecule has 0 aliphatic carbocycles. The Kier molecular flexibility index (Phi) is 8.34. The molecule has 4 rings (SSSR count). The Morgan fingerprint density at radius 3 is 2.17 bits per heavy atom. The van der Waals surface area contributed by atoms with Gasteiger partial charge in [-0.2, -0.15) is 9.61 Å². The quantitative estimate of drug-likeness (QED) is 0.209. The lowest BCUT2D eigenvalue weighted by Crippen LogP contribution is -2.20. The number of carbonyl (C=O) groups is 4. The van der Waals surface area contributed by atoms with E-state index in [1.165, 1.54) is 36.4 Å². The maximum absolute atomic E-state index is 12.9. The standard InChI is InChI=1S/C26H24ClN5O8/c1-4-38-22(33)13-7-9-14(10-8-13)28-25(36)29-18-11-15-17(12-16(18)27)30-26(37)32-21(15)19(23(34)39-5-2)20(31-32)24(35)40-6-3/h7-12H,4-6H2,1-3H3,(H,30,37)(H2,28,29,36). The number of urea groups is 1. The Morgan fingerprint density at radius 1 is 0.900 bits per heavy atom. The van der Waals surface area contributed by atoms with Crippen LogP contribution in [0.2, 0.25) is 5.02 Å². The summed E-state index contributed by atoms with van der Waals surface area (Å²) < 4.78 is 15.9. The van der Waals surface area contributed by atoms with Gasteiger partial charge < -0.3 is 29.8 Å². The topological polar surface area (TPSA) is 170 Å². The highest BCUT2D eigenvalue weighted by molar-refractivity contribution is 6.35. The molecule has 208 valence electrons. The molecule has 4 aromatic rings. The molecule has 3 N–H and O–H groups in total.